The normalized spacial score (nSPS) is 18.5. The van der Waals surface area contributed by atoms with Gasteiger partial charge in [0.2, 0.25) is 5.91 Å². The number of aryl methyl sites for hydroxylation is 1. The van der Waals surface area contributed by atoms with Crippen LogP contribution in [0.25, 0.3) is 10.9 Å². The Balaban J connectivity index is 1.38. The van der Waals surface area contributed by atoms with E-state index in [1.807, 2.05) is 47.0 Å². The number of carbonyl (C=O) groups is 2. The molecule has 25 heavy (non-hydrogen) atoms. The van der Waals surface area contributed by atoms with Crippen LogP contribution in [0, 0.1) is 0 Å². The van der Waals surface area contributed by atoms with Crippen LogP contribution < -0.4 is 5.32 Å². The number of amides is 2. The van der Waals surface area contributed by atoms with E-state index >= 15 is 0 Å². The first-order valence-electron chi connectivity index (χ1n) is 8.97. The fourth-order valence-corrected chi connectivity index (χ4v) is 3.50. The van der Waals surface area contributed by atoms with Crippen LogP contribution in [0.15, 0.2) is 30.5 Å². The van der Waals surface area contributed by atoms with Gasteiger partial charge in [-0.3, -0.25) is 14.5 Å². The number of rotatable bonds is 4. The summed E-state index contributed by atoms with van der Waals surface area (Å²) in [6, 6.07) is 8.39. The fraction of sp³-hybridized carbons (Fsp3) is 0.474. The van der Waals surface area contributed by atoms with E-state index in [1.165, 1.54) is 0 Å². The van der Waals surface area contributed by atoms with Gasteiger partial charge in [0.05, 0.1) is 12.1 Å². The Morgan fingerprint density at radius 1 is 1.12 bits per heavy atom. The van der Waals surface area contributed by atoms with Gasteiger partial charge in [-0.2, -0.15) is 0 Å². The molecule has 2 aromatic rings. The summed E-state index contributed by atoms with van der Waals surface area (Å²) in [6.45, 7) is 3.26. The van der Waals surface area contributed by atoms with Crippen LogP contribution in [0.1, 0.15) is 23.2 Å². The molecule has 6 heteroatoms. The summed E-state index contributed by atoms with van der Waals surface area (Å²) in [5.74, 6) is 0.190. The van der Waals surface area contributed by atoms with E-state index in [4.69, 9.17) is 0 Å². The zero-order valence-electron chi connectivity index (χ0n) is 14.6. The van der Waals surface area contributed by atoms with Gasteiger partial charge in [-0.05, 0) is 18.9 Å². The van der Waals surface area contributed by atoms with Crippen molar-refractivity contribution in [1.29, 1.82) is 0 Å². The minimum absolute atomic E-state index is 0.0823. The van der Waals surface area contributed by atoms with Crippen LogP contribution in [0.2, 0.25) is 0 Å². The highest BCUT2D eigenvalue weighted by atomic mass is 16.2. The van der Waals surface area contributed by atoms with Gasteiger partial charge in [-0.25, -0.2) is 0 Å². The number of nitrogens with one attached hydrogen (secondary N) is 1. The molecular formula is C19H24N4O2. The number of hydrogen-bond acceptors (Lipinski definition) is 3. The molecule has 2 heterocycles. The molecule has 1 saturated heterocycles. The molecule has 1 aromatic carbocycles. The molecule has 2 fully saturated rings. The minimum atomic E-state index is 0.0823. The smallest absolute Gasteiger partial charge is 0.256 e. The van der Waals surface area contributed by atoms with Crippen LogP contribution in [0.5, 0.6) is 0 Å². The molecule has 0 spiro atoms. The lowest BCUT2D eigenvalue weighted by atomic mass is 10.1. The summed E-state index contributed by atoms with van der Waals surface area (Å²) < 4.78 is 2.00. The Bertz CT molecular complexity index is 801. The Morgan fingerprint density at radius 2 is 1.84 bits per heavy atom. The third-order valence-corrected chi connectivity index (χ3v) is 5.10. The van der Waals surface area contributed by atoms with Gasteiger partial charge in [0.25, 0.3) is 5.91 Å². The van der Waals surface area contributed by atoms with E-state index in [2.05, 4.69) is 10.2 Å². The van der Waals surface area contributed by atoms with E-state index in [0.717, 1.165) is 42.4 Å². The van der Waals surface area contributed by atoms with Gasteiger partial charge in [0.1, 0.15) is 0 Å². The lowest BCUT2D eigenvalue weighted by molar-refractivity contribution is -0.122. The summed E-state index contributed by atoms with van der Waals surface area (Å²) in [6.07, 6.45) is 4.14. The molecular weight excluding hydrogens is 316 g/mol. The van der Waals surface area contributed by atoms with E-state index in [0.29, 0.717) is 25.7 Å². The number of para-hydroxylation sites is 1. The second-order valence-corrected chi connectivity index (χ2v) is 7.08. The molecule has 1 saturated carbocycles. The molecule has 0 radical (unpaired) electrons. The van der Waals surface area contributed by atoms with Crippen LogP contribution in [0.4, 0.5) is 0 Å². The van der Waals surface area contributed by atoms with Gasteiger partial charge < -0.3 is 14.8 Å². The van der Waals surface area contributed by atoms with Crippen LogP contribution in [-0.2, 0) is 11.8 Å². The van der Waals surface area contributed by atoms with E-state index in [-0.39, 0.29) is 11.8 Å². The molecule has 0 atom stereocenters. The van der Waals surface area contributed by atoms with Crippen molar-refractivity contribution in [3.8, 4) is 0 Å². The van der Waals surface area contributed by atoms with Crippen molar-refractivity contribution >= 4 is 22.7 Å². The van der Waals surface area contributed by atoms with Crippen molar-refractivity contribution in [3.05, 3.63) is 36.0 Å². The molecule has 1 aliphatic carbocycles. The Kier molecular flexibility index (Phi) is 4.21. The van der Waals surface area contributed by atoms with E-state index in [9.17, 15) is 9.59 Å². The molecule has 4 rings (SSSR count). The average molecular weight is 340 g/mol. The van der Waals surface area contributed by atoms with Crippen LogP contribution in [-0.4, -0.2) is 64.9 Å². The fourth-order valence-electron chi connectivity index (χ4n) is 3.50. The van der Waals surface area contributed by atoms with E-state index in [1.54, 1.807) is 0 Å². The Hall–Kier alpha value is -2.34. The first kappa shape index (κ1) is 16.1. The standard InChI is InChI=1S/C19H24N4O2/c1-21-12-16(15-4-2-3-5-17(15)21)19(25)23-10-8-22(9-11-23)13-18(24)20-14-6-7-14/h2-5,12,14H,6-11,13H2,1H3,(H,20,24). The van der Waals surface area contributed by atoms with Crippen molar-refractivity contribution in [1.82, 2.24) is 19.7 Å². The number of benzene rings is 1. The minimum Gasteiger partial charge on any atom is -0.352 e. The predicted molar refractivity (Wildman–Crippen MR) is 96.4 cm³/mol. The van der Waals surface area contributed by atoms with Crippen LogP contribution >= 0.6 is 0 Å². The maximum atomic E-state index is 12.9. The molecule has 2 aliphatic rings. The average Bonchev–Trinajstić information content (AvgIpc) is 3.37. The van der Waals surface area contributed by atoms with Crippen molar-refractivity contribution < 1.29 is 9.59 Å². The maximum absolute atomic E-state index is 12.9. The summed E-state index contributed by atoms with van der Waals surface area (Å²) in [5, 5.41) is 4.02. The van der Waals surface area contributed by atoms with Gasteiger partial charge in [-0.1, -0.05) is 18.2 Å². The highest BCUT2D eigenvalue weighted by Crippen LogP contribution is 2.22. The van der Waals surface area contributed by atoms with Crippen molar-refractivity contribution in [2.24, 2.45) is 7.05 Å². The van der Waals surface area contributed by atoms with Crippen LogP contribution in [0.3, 0.4) is 0 Å². The molecule has 132 valence electrons. The lowest BCUT2D eigenvalue weighted by Crippen LogP contribution is -2.51. The zero-order valence-corrected chi connectivity index (χ0v) is 14.6. The molecule has 0 unspecified atom stereocenters. The predicted octanol–water partition coefficient (Wildman–Crippen LogP) is 1.21. The summed E-state index contributed by atoms with van der Waals surface area (Å²) in [4.78, 5) is 28.9. The quantitative estimate of drug-likeness (QED) is 0.910. The number of carbonyl (C=O) groups excluding carboxylic acids is 2. The lowest BCUT2D eigenvalue weighted by Gasteiger charge is -2.34. The van der Waals surface area contributed by atoms with Gasteiger partial charge in [0, 0.05) is 56.4 Å². The molecule has 6 nitrogen and oxygen atoms in total. The highest BCUT2D eigenvalue weighted by molar-refractivity contribution is 6.07. The third-order valence-electron chi connectivity index (χ3n) is 5.10. The molecule has 2 amide bonds. The van der Waals surface area contributed by atoms with Gasteiger partial charge in [-0.15, -0.1) is 0 Å². The van der Waals surface area contributed by atoms with Gasteiger partial charge in [0.15, 0.2) is 0 Å². The first-order chi connectivity index (χ1) is 12.1. The Labute approximate surface area is 147 Å². The largest absolute Gasteiger partial charge is 0.352 e. The zero-order chi connectivity index (χ0) is 17.4. The first-order valence-corrected chi connectivity index (χ1v) is 8.97. The summed E-state index contributed by atoms with van der Waals surface area (Å²) >= 11 is 0. The second-order valence-electron chi connectivity index (χ2n) is 7.08. The number of nitrogens with zero attached hydrogens (tertiary/aromatic N) is 3. The molecule has 1 N–H and O–H groups in total. The maximum Gasteiger partial charge on any atom is 0.256 e. The number of aromatic nitrogens is 1. The number of piperazine rings is 1. The summed E-state index contributed by atoms with van der Waals surface area (Å²) in [5.41, 5.74) is 1.83. The van der Waals surface area contributed by atoms with Crippen molar-refractivity contribution in [2.45, 2.75) is 18.9 Å². The second kappa shape index (κ2) is 6.52. The van der Waals surface area contributed by atoms with Gasteiger partial charge >= 0.3 is 0 Å². The molecule has 1 aromatic heterocycles. The highest BCUT2D eigenvalue weighted by Gasteiger charge is 2.27. The molecule has 1 aliphatic heterocycles. The number of hydrogen-bond donors (Lipinski definition) is 1. The van der Waals surface area contributed by atoms with E-state index < -0.39 is 0 Å². The topological polar surface area (TPSA) is 57.6 Å². The Morgan fingerprint density at radius 3 is 2.56 bits per heavy atom. The SMILES string of the molecule is Cn1cc(C(=O)N2CCN(CC(=O)NC3CC3)CC2)c2ccccc21. The third kappa shape index (κ3) is 3.39. The number of fused-ring (bicyclic) bond motifs is 1. The van der Waals surface area contributed by atoms with Crippen molar-refractivity contribution in [2.75, 3.05) is 32.7 Å². The molecule has 0 bridgehead atoms. The van der Waals surface area contributed by atoms with Crippen molar-refractivity contribution in [3.63, 3.8) is 0 Å². The summed E-state index contributed by atoms with van der Waals surface area (Å²) in [7, 11) is 1.97. The monoisotopic (exact) mass is 340 g/mol.